The molecular weight excluding hydrogens is 284 g/mol. The predicted molar refractivity (Wildman–Crippen MR) is 87.8 cm³/mol. The first-order valence-electron chi connectivity index (χ1n) is 7.53. The molecule has 0 bridgehead atoms. The number of rotatable bonds is 4. The molecule has 0 heterocycles. The molecule has 0 amide bonds. The average molecular weight is 300 g/mol. The Kier molecular flexibility index (Phi) is 3.74. The molecule has 1 N–H and O–H groups in total. The van der Waals surface area contributed by atoms with Crippen LogP contribution in [-0.2, 0) is 5.60 Å². The van der Waals surface area contributed by atoms with Gasteiger partial charge in [-0.3, -0.25) is 0 Å². The normalized spacial score (nSPS) is 17.9. The van der Waals surface area contributed by atoms with Gasteiger partial charge < -0.3 is 5.11 Å². The zero-order valence-corrected chi connectivity index (χ0v) is 12.6. The molecule has 2 aromatic carbocycles. The Morgan fingerprint density at radius 1 is 1.00 bits per heavy atom. The summed E-state index contributed by atoms with van der Waals surface area (Å²) in [7, 11) is 0. The second-order valence-electron chi connectivity index (χ2n) is 5.86. The summed E-state index contributed by atoms with van der Waals surface area (Å²) in [6, 6.07) is 20.9. The van der Waals surface area contributed by atoms with Crippen molar-refractivity contribution < 1.29 is 5.11 Å². The third-order valence-corrected chi connectivity index (χ3v) is 4.49. The highest BCUT2D eigenvalue weighted by molar-refractivity contribution is 5.60. The quantitative estimate of drug-likeness (QED) is 0.934. The first-order valence-corrected chi connectivity index (χ1v) is 7.53. The first-order chi connectivity index (χ1) is 11.1. The molecule has 23 heavy (non-hydrogen) atoms. The van der Waals surface area contributed by atoms with Crippen LogP contribution in [0.2, 0.25) is 0 Å². The lowest BCUT2D eigenvalue weighted by Gasteiger charge is -2.30. The van der Waals surface area contributed by atoms with Gasteiger partial charge in [0.2, 0.25) is 0 Å². The van der Waals surface area contributed by atoms with Crippen molar-refractivity contribution in [3.63, 3.8) is 0 Å². The molecule has 1 saturated carbocycles. The number of hydrogen-bond acceptors (Lipinski definition) is 3. The second kappa shape index (κ2) is 5.72. The highest BCUT2D eigenvalue weighted by atomic mass is 16.3. The maximum absolute atomic E-state index is 11.3. The van der Waals surface area contributed by atoms with Crippen molar-refractivity contribution in [3.05, 3.63) is 77.4 Å². The molecule has 3 rings (SSSR count). The second-order valence-corrected chi connectivity index (χ2v) is 5.86. The van der Waals surface area contributed by atoms with Gasteiger partial charge in [0.1, 0.15) is 5.60 Å². The minimum absolute atomic E-state index is 0.543. The average Bonchev–Trinajstić information content (AvgIpc) is 3.42. The molecule has 1 fully saturated rings. The Morgan fingerprint density at radius 2 is 1.65 bits per heavy atom. The zero-order chi connectivity index (χ0) is 16.3. The van der Waals surface area contributed by atoms with Crippen molar-refractivity contribution in [3.8, 4) is 12.1 Å². The fraction of sp³-hybridized carbons (Fsp3) is 0.200. The standard InChI is InChI=1S/C20H16N2O/c21-14-17-7-5-4-6-16(17)10-11-20(23,19(15-22)12-13-19)18-8-2-1-3-9-18/h1-11,23H,12-13H2/b11-10+/t20-/m1/s1. The van der Waals surface area contributed by atoms with Crippen LogP contribution in [0.1, 0.15) is 29.5 Å². The van der Waals surface area contributed by atoms with E-state index in [9.17, 15) is 15.6 Å². The SMILES string of the molecule is N#Cc1ccccc1/C=C/[C@@](O)(c1ccccc1)C1(C#N)CC1. The van der Waals surface area contributed by atoms with Gasteiger partial charge in [-0.05, 0) is 36.1 Å². The van der Waals surface area contributed by atoms with Crippen molar-refractivity contribution >= 4 is 6.08 Å². The van der Waals surface area contributed by atoms with Gasteiger partial charge in [-0.15, -0.1) is 0 Å². The fourth-order valence-electron chi connectivity index (χ4n) is 2.88. The number of nitrogens with zero attached hydrogens (tertiary/aromatic N) is 2. The summed E-state index contributed by atoms with van der Waals surface area (Å²) in [5, 5.41) is 30.0. The fourth-order valence-corrected chi connectivity index (χ4v) is 2.88. The third kappa shape index (κ3) is 2.52. The van der Waals surface area contributed by atoms with Crippen molar-refractivity contribution in [2.75, 3.05) is 0 Å². The lowest BCUT2D eigenvalue weighted by molar-refractivity contribution is 0.0360. The molecule has 1 aliphatic rings. The zero-order valence-electron chi connectivity index (χ0n) is 12.6. The Hall–Kier alpha value is -2.88. The van der Waals surface area contributed by atoms with Gasteiger partial charge in [0.05, 0.1) is 23.1 Å². The van der Waals surface area contributed by atoms with Gasteiger partial charge in [-0.2, -0.15) is 10.5 Å². The Labute approximate surface area is 135 Å². The van der Waals surface area contributed by atoms with E-state index in [0.717, 1.165) is 5.56 Å². The Balaban J connectivity index is 2.07. The molecule has 1 aliphatic carbocycles. The van der Waals surface area contributed by atoms with E-state index >= 15 is 0 Å². The Bertz CT molecular complexity index is 823. The molecule has 112 valence electrons. The van der Waals surface area contributed by atoms with Crippen molar-refractivity contribution in [2.24, 2.45) is 5.41 Å². The molecule has 0 aliphatic heterocycles. The van der Waals surface area contributed by atoms with Gasteiger partial charge in [0.15, 0.2) is 0 Å². The summed E-state index contributed by atoms with van der Waals surface area (Å²) < 4.78 is 0. The highest BCUT2D eigenvalue weighted by Gasteiger charge is 2.59. The van der Waals surface area contributed by atoms with Crippen LogP contribution in [0.5, 0.6) is 0 Å². The molecule has 3 heteroatoms. The molecule has 0 unspecified atom stereocenters. The van der Waals surface area contributed by atoms with Crippen LogP contribution in [0.3, 0.4) is 0 Å². The minimum Gasteiger partial charge on any atom is -0.379 e. The van der Waals surface area contributed by atoms with Crippen LogP contribution in [-0.4, -0.2) is 5.11 Å². The van der Waals surface area contributed by atoms with E-state index in [2.05, 4.69) is 12.1 Å². The summed E-state index contributed by atoms with van der Waals surface area (Å²) in [4.78, 5) is 0. The van der Waals surface area contributed by atoms with Crippen molar-refractivity contribution in [2.45, 2.75) is 18.4 Å². The minimum atomic E-state index is -1.36. The smallest absolute Gasteiger partial charge is 0.127 e. The maximum Gasteiger partial charge on any atom is 0.127 e. The van der Waals surface area contributed by atoms with Gasteiger partial charge in [-0.25, -0.2) is 0 Å². The maximum atomic E-state index is 11.3. The first kappa shape index (κ1) is 15.0. The van der Waals surface area contributed by atoms with Gasteiger partial charge in [0.25, 0.3) is 0 Å². The summed E-state index contributed by atoms with van der Waals surface area (Å²) >= 11 is 0. The van der Waals surface area contributed by atoms with Crippen molar-refractivity contribution in [1.82, 2.24) is 0 Å². The molecule has 3 nitrogen and oxygen atoms in total. The third-order valence-electron chi connectivity index (χ3n) is 4.49. The van der Waals surface area contributed by atoms with Crippen LogP contribution in [0, 0.1) is 28.1 Å². The van der Waals surface area contributed by atoms with E-state index in [1.807, 2.05) is 42.5 Å². The number of benzene rings is 2. The molecule has 1 atom stereocenters. The largest absolute Gasteiger partial charge is 0.379 e. The molecule has 0 saturated heterocycles. The highest BCUT2D eigenvalue weighted by Crippen LogP contribution is 2.58. The van der Waals surface area contributed by atoms with Crippen molar-refractivity contribution in [1.29, 1.82) is 10.5 Å². The van der Waals surface area contributed by atoms with Gasteiger partial charge >= 0.3 is 0 Å². The van der Waals surface area contributed by atoms with E-state index in [1.165, 1.54) is 0 Å². The predicted octanol–water partition coefficient (Wildman–Crippen LogP) is 3.76. The summed E-state index contributed by atoms with van der Waals surface area (Å²) in [5.74, 6) is 0. The number of aliphatic hydroxyl groups is 1. The Morgan fingerprint density at radius 3 is 2.26 bits per heavy atom. The van der Waals surface area contributed by atoms with E-state index < -0.39 is 11.0 Å². The van der Waals surface area contributed by atoms with Gasteiger partial charge in [0, 0.05) is 0 Å². The topological polar surface area (TPSA) is 67.8 Å². The molecule has 0 aromatic heterocycles. The van der Waals surface area contributed by atoms with E-state index in [-0.39, 0.29) is 0 Å². The summed E-state index contributed by atoms with van der Waals surface area (Å²) in [6.45, 7) is 0. The lowest BCUT2D eigenvalue weighted by Crippen LogP contribution is -2.33. The summed E-state index contributed by atoms with van der Waals surface area (Å²) in [6.07, 6.45) is 4.73. The van der Waals surface area contributed by atoms with E-state index in [4.69, 9.17) is 0 Å². The monoisotopic (exact) mass is 300 g/mol. The molecule has 0 spiro atoms. The van der Waals surface area contributed by atoms with E-state index in [0.29, 0.717) is 24.0 Å². The van der Waals surface area contributed by atoms with Gasteiger partial charge in [-0.1, -0.05) is 54.6 Å². The van der Waals surface area contributed by atoms with Crippen LogP contribution in [0.25, 0.3) is 6.08 Å². The van der Waals surface area contributed by atoms with Crippen LogP contribution in [0.15, 0.2) is 60.7 Å². The summed E-state index contributed by atoms with van der Waals surface area (Å²) in [5.41, 5.74) is -0.165. The molecule has 0 radical (unpaired) electrons. The van der Waals surface area contributed by atoms with Crippen LogP contribution < -0.4 is 0 Å². The van der Waals surface area contributed by atoms with E-state index in [1.54, 1.807) is 24.3 Å². The number of nitriles is 2. The molecular formula is C20H16N2O. The lowest BCUT2D eigenvalue weighted by atomic mass is 9.78. The van der Waals surface area contributed by atoms with Crippen LogP contribution in [0.4, 0.5) is 0 Å². The van der Waals surface area contributed by atoms with Crippen LogP contribution >= 0.6 is 0 Å². The molecule has 2 aromatic rings. The number of hydrogen-bond donors (Lipinski definition) is 1.